The Balaban J connectivity index is 2.24. The van der Waals surface area contributed by atoms with E-state index in [9.17, 15) is 4.79 Å². The van der Waals surface area contributed by atoms with Crippen LogP contribution in [0.3, 0.4) is 0 Å². The van der Waals surface area contributed by atoms with Gasteiger partial charge in [-0.15, -0.1) is 0 Å². The molecule has 0 radical (unpaired) electrons. The molecule has 0 heterocycles. The van der Waals surface area contributed by atoms with E-state index in [4.69, 9.17) is 22.1 Å². The lowest BCUT2D eigenvalue weighted by molar-refractivity contribution is -0.148. The Hall–Kier alpha value is -1.22. The third kappa shape index (κ3) is 3.21. The summed E-state index contributed by atoms with van der Waals surface area (Å²) in [6, 6.07) is 5.66. The van der Waals surface area contributed by atoms with E-state index in [0.717, 1.165) is 18.4 Å². The number of carbonyl (C=O) groups is 1. The van der Waals surface area contributed by atoms with Crippen LogP contribution in [0.2, 0.25) is 5.02 Å². The van der Waals surface area contributed by atoms with Gasteiger partial charge in [-0.25, -0.2) is 0 Å². The molecule has 2 unspecified atom stereocenters. The van der Waals surface area contributed by atoms with E-state index in [-0.39, 0.29) is 17.8 Å². The molecule has 0 aromatic heterocycles. The molecule has 0 aliphatic heterocycles. The van der Waals surface area contributed by atoms with E-state index < -0.39 is 0 Å². The minimum Gasteiger partial charge on any atom is -0.466 e. The van der Waals surface area contributed by atoms with Gasteiger partial charge in [-0.1, -0.05) is 24.6 Å². The normalized spacial score (nSPS) is 17.8. The number of rotatable bonds is 5. The van der Waals surface area contributed by atoms with E-state index >= 15 is 0 Å². The van der Waals surface area contributed by atoms with Crippen molar-refractivity contribution in [2.45, 2.75) is 32.6 Å². The molecule has 1 aromatic rings. The number of anilines is 1. The Morgan fingerprint density at radius 3 is 2.74 bits per heavy atom. The molecule has 1 aromatic carbocycles. The molecule has 104 valence electrons. The van der Waals surface area contributed by atoms with Gasteiger partial charge >= 0.3 is 5.97 Å². The average Bonchev–Trinajstić information content (AvgIpc) is 3.18. The van der Waals surface area contributed by atoms with Crippen molar-refractivity contribution in [1.82, 2.24) is 0 Å². The van der Waals surface area contributed by atoms with Crippen LogP contribution in [0.15, 0.2) is 18.2 Å². The van der Waals surface area contributed by atoms with Crippen LogP contribution in [-0.4, -0.2) is 12.6 Å². The van der Waals surface area contributed by atoms with Crippen LogP contribution in [0.25, 0.3) is 0 Å². The Labute approximate surface area is 119 Å². The highest BCUT2D eigenvalue weighted by Gasteiger charge is 2.39. The Morgan fingerprint density at radius 1 is 1.53 bits per heavy atom. The first kappa shape index (κ1) is 14.2. The zero-order valence-corrected chi connectivity index (χ0v) is 12.1. The van der Waals surface area contributed by atoms with E-state index in [1.807, 2.05) is 26.0 Å². The minimum atomic E-state index is -0.145. The quantitative estimate of drug-likeness (QED) is 0.662. The Kier molecular flexibility index (Phi) is 4.35. The fraction of sp³-hybridized carbons (Fsp3) is 0.533. The van der Waals surface area contributed by atoms with Gasteiger partial charge in [-0.05, 0) is 49.3 Å². The van der Waals surface area contributed by atoms with Gasteiger partial charge in [0.25, 0.3) is 0 Å². The van der Waals surface area contributed by atoms with Crippen LogP contribution in [0.4, 0.5) is 5.69 Å². The second-order valence-electron chi connectivity index (χ2n) is 5.18. The fourth-order valence-electron chi connectivity index (χ4n) is 2.61. The minimum absolute atomic E-state index is 0.132. The number of carbonyl (C=O) groups excluding carboxylic acids is 1. The molecule has 4 heteroatoms. The van der Waals surface area contributed by atoms with Crippen LogP contribution < -0.4 is 5.73 Å². The largest absolute Gasteiger partial charge is 0.466 e. The van der Waals surface area contributed by atoms with Gasteiger partial charge in [0, 0.05) is 0 Å². The third-order valence-electron chi connectivity index (χ3n) is 3.73. The zero-order chi connectivity index (χ0) is 14.0. The number of halogens is 1. The van der Waals surface area contributed by atoms with Crippen LogP contribution in [0.1, 0.15) is 38.2 Å². The van der Waals surface area contributed by atoms with Gasteiger partial charge in [0.1, 0.15) is 0 Å². The highest BCUT2D eigenvalue weighted by atomic mass is 35.5. The number of nitrogens with two attached hydrogens (primary N) is 1. The highest BCUT2D eigenvalue weighted by molar-refractivity contribution is 6.33. The van der Waals surface area contributed by atoms with Crippen molar-refractivity contribution in [2.75, 3.05) is 12.3 Å². The summed E-state index contributed by atoms with van der Waals surface area (Å²) in [4.78, 5) is 12.0. The van der Waals surface area contributed by atoms with Gasteiger partial charge in [0.15, 0.2) is 0 Å². The number of benzene rings is 1. The summed E-state index contributed by atoms with van der Waals surface area (Å²) >= 11 is 5.96. The standard InChI is InChI=1S/C15H20ClNO2/c1-3-19-15(18)9(2)14(10-4-5-10)11-6-7-12(16)13(17)8-11/h6-10,14H,3-5,17H2,1-2H3. The topological polar surface area (TPSA) is 52.3 Å². The first-order valence-electron chi connectivity index (χ1n) is 6.76. The monoisotopic (exact) mass is 281 g/mol. The fourth-order valence-corrected chi connectivity index (χ4v) is 2.73. The maximum absolute atomic E-state index is 12.0. The Morgan fingerprint density at radius 2 is 2.21 bits per heavy atom. The molecule has 2 N–H and O–H groups in total. The van der Waals surface area contributed by atoms with E-state index in [2.05, 4.69) is 0 Å². The van der Waals surface area contributed by atoms with Gasteiger partial charge in [0.2, 0.25) is 0 Å². The van der Waals surface area contributed by atoms with Crippen molar-refractivity contribution in [2.24, 2.45) is 11.8 Å². The average molecular weight is 282 g/mol. The van der Waals surface area contributed by atoms with E-state index in [0.29, 0.717) is 23.2 Å². The maximum atomic E-state index is 12.0. The number of nitrogen functional groups attached to an aromatic ring is 1. The highest BCUT2D eigenvalue weighted by Crippen LogP contribution is 2.47. The summed E-state index contributed by atoms with van der Waals surface area (Å²) in [5.74, 6) is 0.458. The van der Waals surface area contributed by atoms with Gasteiger partial charge in [0.05, 0.1) is 23.2 Å². The molecule has 3 nitrogen and oxygen atoms in total. The van der Waals surface area contributed by atoms with Crippen molar-refractivity contribution < 1.29 is 9.53 Å². The van der Waals surface area contributed by atoms with Crippen LogP contribution >= 0.6 is 11.6 Å². The molecule has 1 aliphatic rings. The lowest BCUT2D eigenvalue weighted by Crippen LogP contribution is -2.23. The van der Waals surface area contributed by atoms with Gasteiger partial charge in [-0.2, -0.15) is 0 Å². The summed E-state index contributed by atoms with van der Waals surface area (Å²) in [5, 5.41) is 0.557. The molecule has 2 atom stereocenters. The summed E-state index contributed by atoms with van der Waals surface area (Å²) in [7, 11) is 0. The predicted octanol–water partition coefficient (Wildman–Crippen LogP) is 3.62. The number of ether oxygens (including phenoxy) is 1. The summed E-state index contributed by atoms with van der Waals surface area (Å²) in [6.45, 7) is 4.19. The second kappa shape index (κ2) is 5.83. The molecule has 1 saturated carbocycles. The van der Waals surface area contributed by atoms with E-state index in [1.165, 1.54) is 0 Å². The maximum Gasteiger partial charge on any atom is 0.309 e. The molecule has 0 bridgehead atoms. The van der Waals surface area contributed by atoms with Crippen molar-refractivity contribution in [3.8, 4) is 0 Å². The van der Waals surface area contributed by atoms with Crippen LogP contribution in [0, 0.1) is 11.8 Å². The number of hydrogen-bond acceptors (Lipinski definition) is 3. The molecule has 0 spiro atoms. The summed E-state index contributed by atoms with van der Waals surface area (Å²) < 4.78 is 5.14. The number of hydrogen-bond donors (Lipinski definition) is 1. The molecular weight excluding hydrogens is 262 g/mol. The molecule has 19 heavy (non-hydrogen) atoms. The first-order chi connectivity index (χ1) is 9.04. The summed E-state index contributed by atoms with van der Waals surface area (Å²) in [5.41, 5.74) is 7.52. The second-order valence-corrected chi connectivity index (χ2v) is 5.59. The molecule has 0 saturated heterocycles. The molecule has 1 fully saturated rings. The van der Waals surface area contributed by atoms with Crippen molar-refractivity contribution >= 4 is 23.3 Å². The SMILES string of the molecule is CCOC(=O)C(C)C(c1ccc(Cl)c(N)c1)C1CC1. The van der Waals surface area contributed by atoms with Crippen LogP contribution in [0.5, 0.6) is 0 Å². The summed E-state index contributed by atoms with van der Waals surface area (Å²) in [6.07, 6.45) is 2.33. The van der Waals surface area contributed by atoms with Crippen molar-refractivity contribution in [1.29, 1.82) is 0 Å². The lowest BCUT2D eigenvalue weighted by atomic mass is 9.83. The third-order valence-corrected chi connectivity index (χ3v) is 4.08. The molecule has 0 amide bonds. The van der Waals surface area contributed by atoms with Gasteiger partial charge < -0.3 is 10.5 Å². The van der Waals surface area contributed by atoms with Crippen molar-refractivity contribution in [3.63, 3.8) is 0 Å². The lowest BCUT2D eigenvalue weighted by Gasteiger charge is -2.23. The van der Waals surface area contributed by atoms with E-state index in [1.54, 1.807) is 6.07 Å². The Bertz CT molecular complexity index is 471. The van der Waals surface area contributed by atoms with Crippen molar-refractivity contribution in [3.05, 3.63) is 28.8 Å². The zero-order valence-electron chi connectivity index (χ0n) is 11.4. The van der Waals surface area contributed by atoms with Gasteiger partial charge in [-0.3, -0.25) is 4.79 Å². The molecular formula is C15H20ClNO2. The first-order valence-corrected chi connectivity index (χ1v) is 7.14. The predicted molar refractivity (Wildman–Crippen MR) is 77.1 cm³/mol. The van der Waals surface area contributed by atoms with Crippen LogP contribution in [-0.2, 0) is 9.53 Å². The number of esters is 1. The molecule has 2 rings (SSSR count). The molecule has 1 aliphatic carbocycles. The smallest absolute Gasteiger partial charge is 0.309 e.